The average molecular weight is 249 g/mol. The zero-order chi connectivity index (χ0) is 13.1. The molecule has 2 rings (SSSR count). The highest BCUT2D eigenvalue weighted by atomic mass is 16.6. The molecule has 0 N–H and O–H groups in total. The topological polar surface area (TPSA) is 48.4 Å². The van der Waals surface area contributed by atoms with Crippen molar-refractivity contribution < 1.29 is 14.3 Å². The Morgan fingerprint density at radius 2 is 2.22 bits per heavy atom. The predicted molar refractivity (Wildman–Crippen MR) is 67.5 cm³/mol. The van der Waals surface area contributed by atoms with Gasteiger partial charge in [0.25, 0.3) is 0 Å². The van der Waals surface area contributed by atoms with E-state index in [0.717, 1.165) is 30.7 Å². The molecule has 1 fully saturated rings. The number of hydrogen-bond donors (Lipinski definition) is 0. The lowest BCUT2D eigenvalue weighted by molar-refractivity contribution is -0.149. The van der Waals surface area contributed by atoms with Crippen LogP contribution in [0.5, 0.6) is 5.75 Å². The van der Waals surface area contributed by atoms with Gasteiger partial charge >= 0.3 is 5.97 Å². The van der Waals surface area contributed by atoms with Gasteiger partial charge in [-0.25, -0.2) is 4.79 Å². The van der Waals surface area contributed by atoms with Crippen molar-refractivity contribution in [3.05, 3.63) is 23.5 Å². The largest absolute Gasteiger partial charge is 0.477 e. The SMILES string of the molecule is CCc1nc(C)ccc1OC(C(=O)OC)C1CC1. The van der Waals surface area contributed by atoms with Crippen LogP contribution in [0.15, 0.2) is 12.1 Å². The molecule has 0 spiro atoms. The highest BCUT2D eigenvalue weighted by molar-refractivity contribution is 5.75. The van der Waals surface area contributed by atoms with Crippen molar-refractivity contribution in [2.45, 2.75) is 39.2 Å². The molecule has 0 radical (unpaired) electrons. The van der Waals surface area contributed by atoms with Crippen molar-refractivity contribution in [1.82, 2.24) is 4.98 Å². The average Bonchev–Trinajstić information content (AvgIpc) is 3.20. The van der Waals surface area contributed by atoms with Crippen molar-refractivity contribution in [2.75, 3.05) is 7.11 Å². The number of aryl methyl sites for hydroxylation is 2. The summed E-state index contributed by atoms with van der Waals surface area (Å²) in [4.78, 5) is 16.1. The Bertz CT molecular complexity index is 441. The van der Waals surface area contributed by atoms with E-state index in [1.54, 1.807) is 0 Å². The Balaban J connectivity index is 2.18. The van der Waals surface area contributed by atoms with Crippen LogP contribution in [0.3, 0.4) is 0 Å². The standard InChI is InChI=1S/C14H19NO3/c1-4-11-12(8-5-9(2)15-11)18-13(10-6-7-10)14(16)17-3/h5,8,10,13H,4,6-7H2,1-3H3. The highest BCUT2D eigenvalue weighted by Gasteiger charge is 2.39. The molecule has 0 aliphatic heterocycles. The Morgan fingerprint density at radius 3 is 2.78 bits per heavy atom. The van der Waals surface area contributed by atoms with E-state index in [2.05, 4.69) is 4.98 Å². The number of aromatic nitrogens is 1. The monoisotopic (exact) mass is 249 g/mol. The van der Waals surface area contributed by atoms with Crippen molar-refractivity contribution in [3.63, 3.8) is 0 Å². The molecule has 0 aromatic carbocycles. The molecule has 0 saturated heterocycles. The van der Waals surface area contributed by atoms with Crippen molar-refractivity contribution in [1.29, 1.82) is 0 Å². The van der Waals surface area contributed by atoms with E-state index in [1.807, 2.05) is 26.0 Å². The summed E-state index contributed by atoms with van der Waals surface area (Å²) in [6, 6.07) is 3.79. The molecule has 1 aromatic heterocycles. The molecule has 1 unspecified atom stereocenters. The van der Waals surface area contributed by atoms with Crippen molar-refractivity contribution >= 4 is 5.97 Å². The first-order valence-corrected chi connectivity index (χ1v) is 6.36. The van der Waals surface area contributed by atoms with Gasteiger partial charge in [-0.1, -0.05) is 6.92 Å². The minimum absolute atomic E-state index is 0.292. The minimum Gasteiger partial charge on any atom is -0.477 e. The van der Waals surface area contributed by atoms with E-state index in [9.17, 15) is 4.79 Å². The predicted octanol–water partition coefficient (Wildman–Crippen LogP) is 2.28. The van der Waals surface area contributed by atoms with E-state index < -0.39 is 6.10 Å². The van der Waals surface area contributed by atoms with E-state index >= 15 is 0 Å². The van der Waals surface area contributed by atoms with Crippen LogP contribution in [0.1, 0.15) is 31.2 Å². The lowest BCUT2D eigenvalue weighted by Crippen LogP contribution is -2.31. The fourth-order valence-corrected chi connectivity index (χ4v) is 1.95. The molecule has 1 aromatic rings. The fraction of sp³-hybridized carbons (Fsp3) is 0.571. The zero-order valence-corrected chi connectivity index (χ0v) is 11.1. The maximum absolute atomic E-state index is 11.7. The minimum atomic E-state index is -0.482. The van der Waals surface area contributed by atoms with Crippen LogP contribution < -0.4 is 4.74 Å². The first-order chi connectivity index (χ1) is 8.65. The second-order valence-corrected chi connectivity index (χ2v) is 4.65. The summed E-state index contributed by atoms with van der Waals surface area (Å²) < 4.78 is 10.6. The molecule has 1 atom stereocenters. The van der Waals surface area contributed by atoms with Gasteiger partial charge in [0.1, 0.15) is 5.75 Å². The van der Waals surface area contributed by atoms with E-state index in [0.29, 0.717) is 11.7 Å². The second-order valence-electron chi connectivity index (χ2n) is 4.65. The van der Waals surface area contributed by atoms with Gasteiger partial charge in [-0.15, -0.1) is 0 Å². The number of rotatable bonds is 5. The Hall–Kier alpha value is -1.58. The molecule has 1 aliphatic carbocycles. The normalized spacial score (nSPS) is 16.2. The summed E-state index contributed by atoms with van der Waals surface area (Å²) in [5.41, 5.74) is 1.85. The molecular weight excluding hydrogens is 230 g/mol. The van der Waals surface area contributed by atoms with Crippen LogP contribution in [0.2, 0.25) is 0 Å². The first kappa shape index (κ1) is 12.9. The van der Waals surface area contributed by atoms with Crippen molar-refractivity contribution in [2.24, 2.45) is 5.92 Å². The van der Waals surface area contributed by atoms with E-state index in [4.69, 9.17) is 9.47 Å². The number of carbonyl (C=O) groups excluding carboxylic acids is 1. The molecule has 1 saturated carbocycles. The third-order valence-corrected chi connectivity index (χ3v) is 3.14. The lowest BCUT2D eigenvalue weighted by atomic mass is 10.2. The summed E-state index contributed by atoms with van der Waals surface area (Å²) in [5.74, 6) is 0.703. The van der Waals surface area contributed by atoms with Gasteiger partial charge in [-0.2, -0.15) is 0 Å². The summed E-state index contributed by atoms with van der Waals surface area (Å²) in [6.07, 6.45) is 2.36. The Kier molecular flexibility index (Phi) is 3.84. The smallest absolute Gasteiger partial charge is 0.347 e. The Morgan fingerprint density at radius 1 is 1.50 bits per heavy atom. The summed E-state index contributed by atoms with van der Waals surface area (Å²) >= 11 is 0. The molecule has 18 heavy (non-hydrogen) atoms. The summed E-state index contributed by atoms with van der Waals surface area (Å²) in [5, 5.41) is 0. The lowest BCUT2D eigenvalue weighted by Gasteiger charge is -2.18. The molecule has 1 aliphatic rings. The van der Waals surface area contributed by atoms with Gasteiger partial charge in [0, 0.05) is 11.6 Å². The summed E-state index contributed by atoms with van der Waals surface area (Å²) in [6.45, 7) is 3.97. The van der Waals surface area contributed by atoms with Crippen LogP contribution in [0.4, 0.5) is 0 Å². The molecule has 1 heterocycles. The maximum Gasteiger partial charge on any atom is 0.347 e. The van der Waals surface area contributed by atoms with Gasteiger partial charge in [-0.05, 0) is 38.3 Å². The van der Waals surface area contributed by atoms with Crippen LogP contribution in [0, 0.1) is 12.8 Å². The number of methoxy groups -OCH3 is 1. The van der Waals surface area contributed by atoms with Gasteiger partial charge in [-0.3, -0.25) is 4.98 Å². The number of ether oxygens (including phenoxy) is 2. The molecule has 4 nitrogen and oxygen atoms in total. The third-order valence-electron chi connectivity index (χ3n) is 3.14. The molecule has 98 valence electrons. The van der Waals surface area contributed by atoms with Crippen molar-refractivity contribution in [3.8, 4) is 5.75 Å². The molecule has 0 bridgehead atoms. The van der Waals surface area contributed by atoms with Crippen LogP contribution in [-0.4, -0.2) is 24.2 Å². The molecule has 4 heteroatoms. The molecule has 0 amide bonds. The third kappa shape index (κ3) is 2.81. The quantitative estimate of drug-likeness (QED) is 0.751. The Labute approximate surface area is 107 Å². The highest BCUT2D eigenvalue weighted by Crippen LogP contribution is 2.36. The number of esters is 1. The maximum atomic E-state index is 11.7. The van der Waals surface area contributed by atoms with Gasteiger partial charge in [0.05, 0.1) is 12.8 Å². The first-order valence-electron chi connectivity index (χ1n) is 6.36. The molecular formula is C14H19NO3. The van der Waals surface area contributed by atoms with Crippen LogP contribution in [0.25, 0.3) is 0 Å². The van der Waals surface area contributed by atoms with E-state index in [1.165, 1.54) is 7.11 Å². The van der Waals surface area contributed by atoms with Gasteiger partial charge in [0.2, 0.25) is 0 Å². The fourth-order valence-electron chi connectivity index (χ4n) is 1.95. The van der Waals surface area contributed by atoms with Gasteiger partial charge < -0.3 is 9.47 Å². The number of carbonyl (C=O) groups is 1. The van der Waals surface area contributed by atoms with Crippen LogP contribution >= 0.6 is 0 Å². The van der Waals surface area contributed by atoms with Gasteiger partial charge in [0.15, 0.2) is 6.10 Å². The van der Waals surface area contributed by atoms with Crippen LogP contribution in [-0.2, 0) is 16.0 Å². The summed E-state index contributed by atoms with van der Waals surface area (Å²) in [7, 11) is 1.40. The second kappa shape index (κ2) is 5.38. The number of nitrogens with zero attached hydrogens (tertiary/aromatic N) is 1. The van der Waals surface area contributed by atoms with E-state index in [-0.39, 0.29) is 5.97 Å². The number of pyridine rings is 1. The number of hydrogen-bond acceptors (Lipinski definition) is 4. The zero-order valence-electron chi connectivity index (χ0n) is 11.1.